The molecule has 1 heterocycles. The number of pyridine rings is 1. The van der Waals surface area contributed by atoms with Gasteiger partial charge in [0.25, 0.3) is 0 Å². The van der Waals surface area contributed by atoms with Gasteiger partial charge in [0.2, 0.25) is 0 Å². The number of methoxy groups -OCH3 is 1. The van der Waals surface area contributed by atoms with Crippen LogP contribution in [0.2, 0.25) is 0 Å². The lowest BCUT2D eigenvalue weighted by atomic mass is 10.2. The average molecular weight is 252 g/mol. The standard InChI is InChI=1S/C13H20N2O3/c1-4-5-10(16)8-14-12-7-6-11(9(2)15-12)13(17)18-3/h6-7,10,16H,4-5,8H2,1-3H3,(H,14,15). The van der Waals surface area contributed by atoms with Crippen LogP contribution >= 0.6 is 0 Å². The molecule has 1 rings (SSSR count). The Morgan fingerprint density at radius 1 is 1.56 bits per heavy atom. The maximum Gasteiger partial charge on any atom is 0.339 e. The van der Waals surface area contributed by atoms with Crippen LogP contribution in [0, 0.1) is 6.92 Å². The van der Waals surface area contributed by atoms with Crippen LogP contribution in [0.1, 0.15) is 35.8 Å². The molecule has 1 aromatic rings. The van der Waals surface area contributed by atoms with Crippen LogP contribution in [0.25, 0.3) is 0 Å². The van der Waals surface area contributed by atoms with Crippen LogP contribution in [-0.4, -0.2) is 35.8 Å². The van der Waals surface area contributed by atoms with Crippen molar-refractivity contribution in [1.82, 2.24) is 4.98 Å². The molecular weight excluding hydrogens is 232 g/mol. The Balaban J connectivity index is 2.64. The van der Waals surface area contributed by atoms with Crippen molar-refractivity contribution < 1.29 is 14.6 Å². The van der Waals surface area contributed by atoms with E-state index in [0.29, 0.717) is 23.6 Å². The molecule has 2 N–H and O–H groups in total. The first kappa shape index (κ1) is 14.4. The topological polar surface area (TPSA) is 71.5 Å². The molecular formula is C13H20N2O3. The monoisotopic (exact) mass is 252 g/mol. The number of esters is 1. The fraction of sp³-hybridized carbons (Fsp3) is 0.538. The number of hydrogen-bond donors (Lipinski definition) is 2. The Kier molecular flexibility index (Phi) is 5.58. The number of anilines is 1. The SMILES string of the molecule is CCCC(O)CNc1ccc(C(=O)OC)c(C)n1. The molecule has 100 valence electrons. The number of aliphatic hydroxyl groups is 1. The zero-order valence-corrected chi connectivity index (χ0v) is 11.1. The predicted molar refractivity (Wildman–Crippen MR) is 69.7 cm³/mol. The number of rotatable bonds is 6. The van der Waals surface area contributed by atoms with Gasteiger partial charge in [-0.25, -0.2) is 9.78 Å². The molecule has 0 amide bonds. The Morgan fingerprint density at radius 3 is 2.83 bits per heavy atom. The molecule has 0 spiro atoms. The van der Waals surface area contributed by atoms with E-state index in [9.17, 15) is 9.90 Å². The molecule has 0 radical (unpaired) electrons. The van der Waals surface area contributed by atoms with E-state index in [0.717, 1.165) is 12.8 Å². The summed E-state index contributed by atoms with van der Waals surface area (Å²) < 4.78 is 4.65. The van der Waals surface area contributed by atoms with Crippen molar-refractivity contribution in [1.29, 1.82) is 0 Å². The Morgan fingerprint density at radius 2 is 2.28 bits per heavy atom. The number of carbonyl (C=O) groups excluding carboxylic acids is 1. The molecule has 1 atom stereocenters. The Hall–Kier alpha value is -1.62. The highest BCUT2D eigenvalue weighted by Gasteiger charge is 2.11. The average Bonchev–Trinajstić information content (AvgIpc) is 2.36. The molecule has 0 aliphatic rings. The summed E-state index contributed by atoms with van der Waals surface area (Å²) in [5.41, 5.74) is 1.06. The summed E-state index contributed by atoms with van der Waals surface area (Å²) in [5.74, 6) is 0.257. The number of ether oxygens (including phenoxy) is 1. The van der Waals surface area contributed by atoms with Crippen LogP contribution in [0.4, 0.5) is 5.82 Å². The van der Waals surface area contributed by atoms with Gasteiger partial charge < -0.3 is 15.2 Å². The van der Waals surface area contributed by atoms with Gasteiger partial charge >= 0.3 is 5.97 Å². The normalized spacial score (nSPS) is 12.0. The molecule has 0 aromatic carbocycles. The highest BCUT2D eigenvalue weighted by molar-refractivity contribution is 5.90. The number of aliphatic hydroxyl groups excluding tert-OH is 1. The second kappa shape index (κ2) is 6.96. The first-order valence-corrected chi connectivity index (χ1v) is 6.06. The number of aromatic nitrogens is 1. The van der Waals surface area contributed by atoms with Crippen molar-refractivity contribution in [2.75, 3.05) is 19.0 Å². The highest BCUT2D eigenvalue weighted by Crippen LogP contribution is 2.12. The van der Waals surface area contributed by atoms with Gasteiger partial charge in [-0.3, -0.25) is 0 Å². The molecule has 5 heteroatoms. The summed E-state index contributed by atoms with van der Waals surface area (Å²) in [4.78, 5) is 15.6. The number of aryl methyl sites for hydroxylation is 1. The fourth-order valence-electron chi connectivity index (χ4n) is 1.64. The van der Waals surface area contributed by atoms with Crippen LogP contribution in [-0.2, 0) is 4.74 Å². The van der Waals surface area contributed by atoms with Crippen molar-refractivity contribution in [2.45, 2.75) is 32.8 Å². The molecule has 5 nitrogen and oxygen atoms in total. The predicted octanol–water partition coefficient (Wildman–Crippen LogP) is 1.75. The van der Waals surface area contributed by atoms with Gasteiger partial charge in [-0.2, -0.15) is 0 Å². The van der Waals surface area contributed by atoms with E-state index in [1.165, 1.54) is 7.11 Å². The van der Waals surface area contributed by atoms with Crippen LogP contribution in [0.3, 0.4) is 0 Å². The van der Waals surface area contributed by atoms with Gasteiger partial charge in [0, 0.05) is 6.54 Å². The van der Waals surface area contributed by atoms with Crippen molar-refractivity contribution in [2.24, 2.45) is 0 Å². The molecule has 0 bridgehead atoms. The molecule has 1 aromatic heterocycles. The third-order valence-electron chi connectivity index (χ3n) is 2.63. The van der Waals surface area contributed by atoms with E-state index in [1.807, 2.05) is 6.92 Å². The van der Waals surface area contributed by atoms with Crippen molar-refractivity contribution in [3.63, 3.8) is 0 Å². The third kappa shape index (κ3) is 4.00. The molecule has 0 aliphatic carbocycles. The Labute approximate surface area is 107 Å². The Bertz CT molecular complexity index is 407. The molecule has 1 unspecified atom stereocenters. The van der Waals surface area contributed by atoms with Gasteiger partial charge in [-0.15, -0.1) is 0 Å². The van der Waals surface area contributed by atoms with Gasteiger partial charge in [0.15, 0.2) is 0 Å². The fourth-order valence-corrected chi connectivity index (χ4v) is 1.64. The smallest absolute Gasteiger partial charge is 0.339 e. The maximum absolute atomic E-state index is 11.4. The minimum Gasteiger partial charge on any atom is -0.465 e. The van der Waals surface area contributed by atoms with E-state index in [-0.39, 0.29) is 6.10 Å². The first-order chi connectivity index (χ1) is 8.58. The number of nitrogens with one attached hydrogen (secondary N) is 1. The van der Waals surface area contributed by atoms with E-state index in [2.05, 4.69) is 15.0 Å². The lowest BCUT2D eigenvalue weighted by Crippen LogP contribution is -2.20. The third-order valence-corrected chi connectivity index (χ3v) is 2.63. The first-order valence-electron chi connectivity index (χ1n) is 6.06. The molecule has 0 aliphatic heterocycles. The van der Waals surface area contributed by atoms with E-state index in [1.54, 1.807) is 19.1 Å². The second-order valence-corrected chi connectivity index (χ2v) is 4.14. The number of nitrogens with zero attached hydrogens (tertiary/aromatic N) is 1. The van der Waals surface area contributed by atoms with E-state index in [4.69, 9.17) is 0 Å². The lowest BCUT2D eigenvalue weighted by molar-refractivity contribution is 0.0599. The molecule has 0 saturated heterocycles. The summed E-state index contributed by atoms with van der Waals surface area (Å²) in [6.07, 6.45) is 1.32. The van der Waals surface area contributed by atoms with Gasteiger partial charge in [-0.05, 0) is 25.5 Å². The minimum absolute atomic E-state index is 0.377. The summed E-state index contributed by atoms with van der Waals surface area (Å²) in [7, 11) is 1.34. The van der Waals surface area contributed by atoms with Crippen LogP contribution < -0.4 is 5.32 Å². The van der Waals surface area contributed by atoms with Gasteiger partial charge in [-0.1, -0.05) is 13.3 Å². The second-order valence-electron chi connectivity index (χ2n) is 4.14. The quantitative estimate of drug-likeness (QED) is 0.755. The summed E-state index contributed by atoms with van der Waals surface area (Å²) in [6, 6.07) is 3.38. The maximum atomic E-state index is 11.4. The lowest BCUT2D eigenvalue weighted by Gasteiger charge is -2.12. The summed E-state index contributed by atoms with van der Waals surface area (Å²) in [6.45, 7) is 4.23. The van der Waals surface area contributed by atoms with E-state index >= 15 is 0 Å². The van der Waals surface area contributed by atoms with Gasteiger partial charge in [0.05, 0.1) is 24.5 Å². The van der Waals surface area contributed by atoms with Crippen molar-refractivity contribution in [3.8, 4) is 0 Å². The number of carbonyl (C=O) groups is 1. The van der Waals surface area contributed by atoms with E-state index < -0.39 is 5.97 Å². The molecule has 0 saturated carbocycles. The highest BCUT2D eigenvalue weighted by atomic mass is 16.5. The zero-order chi connectivity index (χ0) is 13.5. The van der Waals surface area contributed by atoms with Gasteiger partial charge in [0.1, 0.15) is 5.82 Å². The molecule has 18 heavy (non-hydrogen) atoms. The number of hydrogen-bond acceptors (Lipinski definition) is 5. The largest absolute Gasteiger partial charge is 0.465 e. The minimum atomic E-state index is -0.391. The molecule has 0 fully saturated rings. The van der Waals surface area contributed by atoms with Crippen molar-refractivity contribution >= 4 is 11.8 Å². The summed E-state index contributed by atoms with van der Waals surface area (Å²) in [5, 5.41) is 12.6. The van der Waals surface area contributed by atoms with Crippen LogP contribution in [0.5, 0.6) is 0 Å². The summed E-state index contributed by atoms with van der Waals surface area (Å²) >= 11 is 0. The van der Waals surface area contributed by atoms with Crippen LogP contribution in [0.15, 0.2) is 12.1 Å². The zero-order valence-electron chi connectivity index (χ0n) is 11.1. The van der Waals surface area contributed by atoms with Crippen molar-refractivity contribution in [3.05, 3.63) is 23.4 Å².